The van der Waals surface area contributed by atoms with Crippen LogP contribution in [0.15, 0.2) is 18.2 Å². The Labute approximate surface area is 92.8 Å². The van der Waals surface area contributed by atoms with Gasteiger partial charge in [0.25, 0.3) is 0 Å². The molecule has 0 fully saturated rings. The molecule has 0 aliphatic rings. The molecule has 0 heterocycles. The van der Waals surface area contributed by atoms with Gasteiger partial charge in [0.2, 0.25) is 0 Å². The van der Waals surface area contributed by atoms with Crippen LogP contribution in [0, 0.1) is 0 Å². The van der Waals surface area contributed by atoms with Crippen molar-refractivity contribution >= 4 is 29.2 Å². The fourth-order valence-electron chi connectivity index (χ4n) is 1.14. The molecule has 14 heavy (non-hydrogen) atoms. The summed E-state index contributed by atoms with van der Waals surface area (Å²) in [5.74, 6) is -0.330. The van der Waals surface area contributed by atoms with Crippen molar-refractivity contribution in [3.8, 4) is 0 Å². The Morgan fingerprint density at radius 3 is 2.57 bits per heavy atom. The molecular formula is C10H10Cl2O2. The van der Waals surface area contributed by atoms with Gasteiger partial charge in [-0.05, 0) is 19.1 Å². The second-order valence-electron chi connectivity index (χ2n) is 2.92. The first kappa shape index (κ1) is 11.3. The minimum absolute atomic E-state index is 0.330. The average Bonchev–Trinajstić information content (AvgIpc) is 2.01. The van der Waals surface area contributed by atoms with Crippen LogP contribution in [-0.2, 0) is 9.53 Å². The standard InChI is InChI=1S/C10H10Cl2O2/c1-6(14-7(2)13)9-4-3-8(11)5-10(9)12/h3-6H,1-2H3. The molecule has 2 nitrogen and oxygen atoms in total. The van der Waals surface area contributed by atoms with Crippen molar-refractivity contribution in [3.63, 3.8) is 0 Å². The summed E-state index contributed by atoms with van der Waals surface area (Å²) in [6, 6.07) is 5.08. The summed E-state index contributed by atoms with van der Waals surface area (Å²) in [7, 11) is 0. The largest absolute Gasteiger partial charge is 0.458 e. The van der Waals surface area contributed by atoms with Gasteiger partial charge in [-0.15, -0.1) is 0 Å². The molecule has 1 atom stereocenters. The van der Waals surface area contributed by atoms with E-state index in [4.69, 9.17) is 27.9 Å². The van der Waals surface area contributed by atoms with Crippen molar-refractivity contribution in [3.05, 3.63) is 33.8 Å². The van der Waals surface area contributed by atoms with E-state index in [0.717, 1.165) is 5.56 Å². The van der Waals surface area contributed by atoms with Crippen molar-refractivity contribution in [2.45, 2.75) is 20.0 Å². The Hall–Kier alpha value is -0.730. The lowest BCUT2D eigenvalue weighted by atomic mass is 10.1. The molecule has 0 aliphatic carbocycles. The van der Waals surface area contributed by atoms with Gasteiger partial charge in [-0.25, -0.2) is 0 Å². The molecule has 1 aromatic carbocycles. The van der Waals surface area contributed by atoms with Gasteiger partial charge in [-0.2, -0.15) is 0 Å². The van der Waals surface area contributed by atoms with Gasteiger partial charge in [0.05, 0.1) is 0 Å². The van der Waals surface area contributed by atoms with Crippen LogP contribution in [0.2, 0.25) is 10.0 Å². The van der Waals surface area contributed by atoms with Crippen molar-refractivity contribution in [2.24, 2.45) is 0 Å². The topological polar surface area (TPSA) is 26.3 Å². The Kier molecular flexibility index (Phi) is 3.78. The number of halogens is 2. The predicted octanol–water partition coefficient (Wildman–Crippen LogP) is 3.62. The van der Waals surface area contributed by atoms with Gasteiger partial charge >= 0.3 is 5.97 Å². The molecule has 1 aromatic rings. The number of rotatable bonds is 2. The van der Waals surface area contributed by atoms with E-state index in [9.17, 15) is 4.79 Å². The smallest absolute Gasteiger partial charge is 0.303 e. The number of carbonyl (C=O) groups is 1. The summed E-state index contributed by atoms with van der Waals surface area (Å²) >= 11 is 11.7. The first-order valence-corrected chi connectivity index (χ1v) is 4.88. The Morgan fingerprint density at radius 2 is 2.07 bits per heavy atom. The summed E-state index contributed by atoms with van der Waals surface area (Å²) in [6.45, 7) is 3.12. The molecule has 4 heteroatoms. The Balaban J connectivity index is 2.90. The number of hydrogen-bond acceptors (Lipinski definition) is 2. The second kappa shape index (κ2) is 4.67. The lowest BCUT2D eigenvalue weighted by Gasteiger charge is -2.13. The quantitative estimate of drug-likeness (QED) is 0.729. The lowest BCUT2D eigenvalue weighted by molar-refractivity contribution is -0.145. The van der Waals surface area contributed by atoms with Gasteiger partial charge in [0, 0.05) is 22.5 Å². The maximum Gasteiger partial charge on any atom is 0.303 e. The van der Waals surface area contributed by atoms with E-state index < -0.39 is 0 Å². The average molecular weight is 233 g/mol. The van der Waals surface area contributed by atoms with Crippen LogP contribution in [0.4, 0.5) is 0 Å². The Morgan fingerprint density at radius 1 is 1.43 bits per heavy atom. The van der Waals surface area contributed by atoms with Gasteiger partial charge in [0.1, 0.15) is 6.10 Å². The van der Waals surface area contributed by atoms with Crippen LogP contribution in [0.3, 0.4) is 0 Å². The highest BCUT2D eigenvalue weighted by Gasteiger charge is 2.12. The van der Waals surface area contributed by atoms with E-state index in [0.29, 0.717) is 10.0 Å². The van der Waals surface area contributed by atoms with E-state index in [1.54, 1.807) is 25.1 Å². The molecule has 0 radical (unpaired) electrons. The number of hydrogen-bond donors (Lipinski definition) is 0. The monoisotopic (exact) mass is 232 g/mol. The van der Waals surface area contributed by atoms with E-state index in [2.05, 4.69) is 0 Å². The zero-order chi connectivity index (χ0) is 10.7. The maximum atomic E-state index is 10.7. The van der Waals surface area contributed by atoms with Gasteiger partial charge in [-0.3, -0.25) is 4.79 Å². The number of carbonyl (C=O) groups excluding carboxylic acids is 1. The summed E-state index contributed by atoms with van der Waals surface area (Å²) in [5.41, 5.74) is 0.756. The van der Waals surface area contributed by atoms with Crippen LogP contribution in [0.25, 0.3) is 0 Å². The molecule has 1 rings (SSSR count). The van der Waals surface area contributed by atoms with Gasteiger partial charge < -0.3 is 4.74 Å². The normalized spacial score (nSPS) is 12.3. The minimum atomic E-state index is -0.350. The molecule has 0 aromatic heterocycles. The summed E-state index contributed by atoms with van der Waals surface area (Å²) in [4.78, 5) is 10.7. The molecule has 0 spiro atoms. The maximum absolute atomic E-state index is 10.7. The number of benzene rings is 1. The van der Waals surface area contributed by atoms with Gasteiger partial charge in [0.15, 0.2) is 0 Å². The first-order valence-electron chi connectivity index (χ1n) is 4.13. The van der Waals surface area contributed by atoms with Crippen molar-refractivity contribution in [1.82, 2.24) is 0 Å². The van der Waals surface area contributed by atoms with Crippen molar-refractivity contribution < 1.29 is 9.53 Å². The highest BCUT2D eigenvalue weighted by atomic mass is 35.5. The molecule has 0 amide bonds. The first-order chi connectivity index (χ1) is 6.50. The molecular weight excluding hydrogens is 223 g/mol. The van der Waals surface area contributed by atoms with Crippen LogP contribution >= 0.6 is 23.2 Å². The van der Waals surface area contributed by atoms with Crippen molar-refractivity contribution in [1.29, 1.82) is 0 Å². The van der Waals surface area contributed by atoms with E-state index in [1.807, 2.05) is 0 Å². The van der Waals surface area contributed by atoms with Gasteiger partial charge in [-0.1, -0.05) is 29.3 Å². The van der Waals surface area contributed by atoms with Crippen LogP contribution in [-0.4, -0.2) is 5.97 Å². The molecule has 0 saturated carbocycles. The third kappa shape index (κ3) is 2.89. The molecule has 0 aliphatic heterocycles. The fraction of sp³-hybridized carbons (Fsp3) is 0.300. The van der Waals surface area contributed by atoms with Crippen LogP contribution in [0.1, 0.15) is 25.5 Å². The molecule has 0 N–H and O–H groups in total. The highest BCUT2D eigenvalue weighted by Crippen LogP contribution is 2.27. The highest BCUT2D eigenvalue weighted by molar-refractivity contribution is 6.35. The zero-order valence-electron chi connectivity index (χ0n) is 7.88. The summed E-state index contributed by atoms with van der Waals surface area (Å²) in [6.07, 6.45) is -0.350. The second-order valence-corrected chi connectivity index (χ2v) is 3.76. The molecule has 0 saturated heterocycles. The van der Waals surface area contributed by atoms with E-state index >= 15 is 0 Å². The third-order valence-electron chi connectivity index (χ3n) is 1.74. The SMILES string of the molecule is CC(=O)OC(C)c1ccc(Cl)cc1Cl. The number of ether oxygens (including phenoxy) is 1. The molecule has 76 valence electrons. The zero-order valence-corrected chi connectivity index (χ0v) is 9.39. The number of esters is 1. The predicted molar refractivity (Wildman–Crippen MR) is 56.6 cm³/mol. The minimum Gasteiger partial charge on any atom is -0.458 e. The Bertz CT molecular complexity index is 350. The van der Waals surface area contributed by atoms with Crippen molar-refractivity contribution in [2.75, 3.05) is 0 Å². The third-order valence-corrected chi connectivity index (χ3v) is 2.31. The summed E-state index contributed by atoms with van der Waals surface area (Å²) in [5, 5.41) is 1.07. The molecule has 0 bridgehead atoms. The van der Waals surface area contributed by atoms with E-state index in [1.165, 1.54) is 6.92 Å². The van der Waals surface area contributed by atoms with Crippen LogP contribution < -0.4 is 0 Å². The van der Waals surface area contributed by atoms with Crippen LogP contribution in [0.5, 0.6) is 0 Å². The summed E-state index contributed by atoms with van der Waals surface area (Å²) < 4.78 is 4.99. The molecule has 1 unspecified atom stereocenters. The van der Waals surface area contributed by atoms with E-state index in [-0.39, 0.29) is 12.1 Å². The lowest BCUT2D eigenvalue weighted by Crippen LogP contribution is -2.05. The fourth-order valence-corrected chi connectivity index (χ4v) is 1.71.